The van der Waals surface area contributed by atoms with Gasteiger partial charge >= 0.3 is 0 Å². The first kappa shape index (κ1) is 12.3. The molecule has 0 aliphatic carbocycles. The summed E-state index contributed by atoms with van der Waals surface area (Å²) in [6.45, 7) is 6.44. The zero-order chi connectivity index (χ0) is 13.7. The predicted molar refractivity (Wildman–Crippen MR) is 78.3 cm³/mol. The highest BCUT2D eigenvalue weighted by Gasteiger charge is 2.55. The van der Waals surface area contributed by atoms with E-state index >= 15 is 0 Å². The minimum Gasteiger partial charge on any atom is -0.455 e. The van der Waals surface area contributed by atoms with Crippen LogP contribution in [0.5, 0.6) is 5.75 Å². The van der Waals surface area contributed by atoms with Gasteiger partial charge in [-0.1, -0.05) is 18.2 Å². The van der Waals surface area contributed by atoms with Gasteiger partial charge in [-0.25, -0.2) is 0 Å². The Morgan fingerprint density at radius 3 is 2.75 bits per heavy atom. The Morgan fingerprint density at radius 2 is 2.00 bits per heavy atom. The van der Waals surface area contributed by atoms with E-state index in [2.05, 4.69) is 37.0 Å². The second-order valence-electron chi connectivity index (χ2n) is 6.26. The third-order valence-corrected chi connectivity index (χ3v) is 4.61. The van der Waals surface area contributed by atoms with Gasteiger partial charge in [-0.15, -0.1) is 0 Å². The lowest BCUT2D eigenvalue weighted by molar-refractivity contribution is -0.248. The first-order valence-corrected chi connectivity index (χ1v) is 7.62. The summed E-state index contributed by atoms with van der Waals surface area (Å²) < 4.78 is 12.8. The quantitative estimate of drug-likeness (QED) is 0.824. The molecular formula is C17H21NO2. The summed E-state index contributed by atoms with van der Waals surface area (Å²) in [5, 5.41) is 0. The van der Waals surface area contributed by atoms with Crippen molar-refractivity contribution in [2.75, 3.05) is 13.1 Å². The number of hydrogen-bond acceptors (Lipinski definition) is 3. The van der Waals surface area contributed by atoms with Crippen molar-refractivity contribution in [2.45, 2.75) is 38.6 Å². The van der Waals surface area contributed by atoms with Crippen molar-refractivity contribution in [2.24, 2.45) is 5.92 Å². The van der Waals surface area contributed by atoms with Crippen LogP contribution >= 0.6 is 0 Å². The number of nitrogens with zero attached hydrogens (tertiary/aromatic N) is 1. The minimum atomic E-state index is -0.557. The molecule has 0 spiro atoms. The van der Waals surface area contributed by atoms with Crippen molar-refractivity contribution in [1.82, 2.24) is 4.90 Å². The topological polar surface area (TPSA) is 21.7 Å². The van der Waals surface area contributed by atoms with Crippen LogP contribution in [0.1, 0.15) is 32.3 Å². The Bertz CT molecular complexity index is 558. The fourth-order valence-electron chi connectivity index (χ4n) is 3.79. The van der Waals surface area contributed by atoms with Gasteiger partial charge in [-0.05, 0) is 38.8 Å². The molecule has 4 aliphatic rings. The van der Waals surface area contributed by atoms with Gasteiger partial charge in [0.15, 0.2) is 0 Å². The molecule has 20 heavy (non-hydrogen) atoms. The molecule has 2 bridgehead atoms. The molecule has 3 fully saturated rings. The molecule has 0 aromatic heterocycles. The van der Waals surface area contributed by atoms with Crippen LogP contribution in [0.25, 0.3) is 6.08 Å². The van der Waals surface area contributed by atoms with E-state index in [0.29, 0.717) is 5.92 Å². The van der Waals surface area contributed by atoms with E-state index in [1.54, 1.807) is 0 Å². The van der Waals surface area contributed by atoms with E-state index in [9.17, 15) is 0 Å². The number of para-hydroxylation sites is 1. The fraction of sp³-hybridized carbons (Fsp3) is 0.529. The molecule has 0 radical (unpaired) electrons. The first-order valence-electron chi connectivity index (χ1n) is 7.62. The number of hydrogen-bond donors (Lipinski definition) is 0. The molecule has 3 heteroatoms. The SMILES string of the molecule is CC(C)O[C@]12Oc3ccccc3C=C1N1CCC2CC1. The van der Waals surface area contributed by atoms with Crippen molar-refractivity contribution >= 4 is 6.08 Å². The lowest BCUT2D eigenvalue weighted by atomic mass is 9.78. The molecule has 4 aliphatic heterocycles. The molecule has 0 N–H and O–H groups in total. The van der Waals surface area contributed by atoms with E-state index in [1.165, 1.54) is 5.70 Å². The molecule has 5 rings (SSSR count). The van der Waals surface area contributed by atoms with Crippen molar-refractivity contribution in [3.8, 4) is 5.75 Å². The highest BCUT2D eigenvalue weighted by Crippen LogP contribution is 2.50. The van der Waals surface area contributed by atoms with Crippen LogP contribution in [0.15, 0.2) is 30.0 Å². The van der Waals surface area contributed by atoms with Gasteiger partial charge < -0.3 is 14.4 Å². The zero-order valence-corrected chi connectivity index (χ0v) is 12.1. The van der Waals surface area contributed by atoms with Gasteiger partial charge in [0.1, 0.15) is 5.75 Å². The van der Waals surface area contributed by atoms with Crippen LogP contribution in [0.3, 0.4) is 0 Å². The van der Waals surface area contributed by atoms with Crippen LogP contribution in [-0.2, 0) is 4.74 Å². The first-order chi connectivity index (χ1) is 9.69. The molecule has 3 saturated heterocycles. The van der Waals surface area contributed by atoms with Crippen molar-refractivity contribution < 1.29 is 9.47 Å². The van der Waals surface area contributed by atoms with Crippen molar-refractivity contribution in [3.63, 3.8) is 0 Å². The highest BCUT2D eigenvalue weighted by atomic mass is 16.7. The third-order valence-electron chi connectivity index (χ3n) is 4.61. The monoisotopic (exact) mass is 271 g/mol. The highest BCUT2D eigenvalue weighted by molar-refractivity contribution is 5.64. The van der Waals surface area contributed by atoms with Crippen LogP contribution in [0.2, 0.25) is 0 Å². The molecule has 0 saturated carbocycles. The van der Waals surface area contributed by atoms with E-state index in [1.807, 2.05) is 12.1 Å². The average molecular weight is 271 g/mol. The minimum absolute atomic E-state index is 0.157. The standard InChI is InChI=1S/C17H21NO2/c1-12(2)19-17-14-7-9-18(10-8-14)16(17)11-13-5-3-4-6-15(13)20-17/h3-6,11-12,14H,7-10H2,1-2H3/t17-/m1/s1. The number of benzene rings is 1. The Morgan fingerprint density at radius 1 is 1.25 bits per heavy atom. The lowest BCUT2D eigenvalue weighted by Gasteiger charge is -2.56. The summed E-state index contributed by atoms with van der Waals surface area (Å²) in [6.07, 6.45) is 4.74. The number of piperidine rings is 3. The van der Waals surface area contributed by atoms with Crippen molar-refractivity contribution in [1.29, 1.82) is 0 Å². The summed E-state index contributed by atoms with van der Waals surface area (Å²) >= 11 is 0. The Balaban J connectivity index is 1.85. The number of ether oxygens (including phenoxy) is 2. The maximum absolute atomic E-state index is 6.44. The molecule has 1 atom stereocenters. The van der Waals surface area contributed by atoms with E-state index in [4.69, 9.17) is 9.47 Å². The zero-order valence-electron chi connectivity index (χ0n) is 12.1. The van der Waals surface area contributed by atoms with E-state index < -0.39 is 5.79 Å². The Labute approximate surface area is 120 Å². The summed E-state index contributed by atoms with van der Waals surface area (Å²) in [6, 6.07) is 8.25. The molecule has 1 aromatic carbocycles. The van der Waals surface area contributed by atoms with Gasteiger partial charge in [0.05, 0.1) is 11.8 Å². The van der Waals surface area contributed by atoms with Gasteiger partial charge in [0.2, 0.25) is 0 Å². The molecule has 1 aromatic rings. The van der Waals surface area contributed by atoms with Gasteiger partial charge in [0.25, 0.3) is 5.79 Å². The second-order valence-corrected chi connectivity index (χ2v) is 6.26. The molecule has 0 amide bonds. The molecular weight excluding hydrogens is 250 g/mol. The summed E-state index contributed by atoms with van der Waals surface area (Å²) in [5.74, 6) is 0.860. The van der Waals surface area contributed by atoms with Crippen LogP contribution in [-0.4, -0.2) is 29.9 Å². The lowest BCUT2D eigenvalue weighted by Crippen LogP contribution is -2.62. The van der Waals surface area contributed by atoms with Crippen LogP contribution in [0, 0.1) is 5.92 Å². The van der Waals surface area contributed by atoms with Crippen LogP contribution in [0.4, 0.5) is 0 Å². The molecule has 0 unspecified atom stereocenters. The third kappa shape index (κ3) is 1.62. The average Bonchev–Trinajstić information content (AvgIpc) is 2.46. The predicted octanol–water partition coefficient (Wildman–Crippen LogP) is 3.27. The molecule has 106 valence electrons. The smallest absolute Gasteiger partial charge is 0.255 e. The normalized spacial score (nSPS) is 30.6. The van der Waals surface area contributed by atoms with E-state index in [-0.39, 0.29) is 6.10 Å². The summed E-state index contributed by atoms with van der Waals surface area (Å²) in [7, 11) is 0. The number of rotatable bonds is 2. The summed E-state index contributed by atoms with van der Waals surface area (Å²) in [4.78, 5) is 2.44. The van der Waals surface area contributed by atoms with Gasteiger partial charge in [-0.2, -0.15) is 0 Å². The van der Waals surface area contributed by atoms with Gasteiger partial charge in [-0.3, -0.25) is 0 Å². The Kier molecular flexibility index (Phi) is 2.61. The second kappa shape index (κ2) is 4.26. The molecule has 3 nitrogen and oxygen atoms in total. The fourth-order valence-corrected chi connectivity index (χ4v) is 3.79. The van der Waals surface area contributed by atoms with Crippen LogP contribution < -0.4 is 4.74 Å². The maximum Gasteiger partial charge on any atom is 0.255 e. The van der Waals surface area contributed by atoms with E-state index in [0.717, 1.165) is 37.2 Å². The summed E-state index contributed by atoms with van der Waals surface area (Å²) in [5.41, 5.74) is 2.39. The van der Waals surface area contributed by atoms with Crippen molar-refractivity contribution in [3.05, 3.63) is 35.5 Å². The maximum atomic E-state index is 6.44. The largest absolute Gasteiger partial charge is 0.455 e. The van der Waals surface area contributed by atoms with Gasteiger partial charge in [0, 0.05) is 24.6 Å². The molecule has 4 heterocycles. The Hall–Kier alpha value is -1.48. The number of fused-ring (bicyclic) bond motifs is 3.